The summed E-state index contributed by atoms with van der Waals surface area (Å²) in [6.07, 6.45) is 2.58. The zero-order chi connectivity index (χ0) is 16.4. The molecule has 122 valence electrons. The highest BCUT2D eigenvalue weighted by molar-refractivity contribution is 7.09. The summed E-state index contributed by atoms with van der Waals surface area (Å²) in [6, 6.07) is 10.0. The van der Waals surface area contributed by atoms with Gasteiger partial charge < -0.3 is 10.2 Å². The van der Waals surface area contributed by atoms with E-state index < -0.39 is 0 Å². The molecule has 1 aromatic carbocycles. The molecule has 0 radical (unpaired) electrons. The van der Waals surface area contributed by atoms with Crippen LogP contribution in [0.2, 0.25) is 0 Å². The van der Waals surface area contributed by atoms with Crippen LogP contribution in [0.15, 0.2) is 42.0 Å². The van der Waals surface area contributed by atoms with Crippen molar-refractivity contribution in [1.82, 2.24) is 25.4 Å². The molecule has 0 unspecified atom stereocenters. The molecule has 6 nitrogen and oxygen atoms in total. The molecular weight excluding hydrogens is 322 g/mol. The summed E-state index contributed by atoms with van der Waals surface area (Å²) in [4.78, 5) is 19.4. The lowest BCUT2D eigenvalue weighted by Crippen LogP contribution is -2.42. The van der Waals surface area contributed by atoms with Crippen LogP contribution >= 0.6 is 11.3 Å². The van der Waals surface area contributed by atoms with Crippen molar-refractivity contribution in [2.24, 2.45) is 0 Å². The van der Waals surface area contributed by atoms with E-state index in [2.05, 4.69) is 20.5 Å². The Balaban J connectivity index is 1.49. The van der Waals surface area contributed by atoms with Crippen molar-refractivity contribution in [1.29, 1.82) is 0 Å². The fraction of sp³-hybridized carbons (Fsp3) is 0.235. The lowest BCUT2D eigenvalue weighted by atomic mass is 10.0. The van der Waals surface area contributed by atoms with E-state index in [1.165, 1.54) is 0 Å². The molecule has 0 bridgehead atoms. The minimum atomic E-state index is -0.0470. The van der Waals surface area contributed by atoms with E-state index in [0.29, 0.717) is 19.6 Å². The predicted octanol–water partition coefficient (Wildman–Crippen LogP) is 2.80. The predicted molar refractivity (Wildman–Crippen MR) is 92.5 cm³/mol. The Hall–Kier alpha value is -2.67. The van der Waals surface area contributed by atoms with Crippen LogP contribution < -0.4 is 5.32 Å². The monoisotopic (exact) mass is 339 g/mol. The van der Waals surface area contributed by atoms with Gasteiger partial charge in [0.25, 0.3) is 0 Å². The lowest BCUT2D eigenvalue weighted by Gasteiger charge is -2.27. The first-order valence-corrected chi connectivity index (χ1v) is 8.71. The minimum Gasteiger partial charge on any atom is -0.333 e. The van der Waals surface area contributed by atoms with Gasteiger partial charge in [-0.25, -0.2) is 4.79 Å². The number of aromatic nitrogens is 3. The van der Waals surface area contributed by atoms with Gasteiger partial charge in [-0.3, -0.25) is 10.1 Å². The average molecular weight is 339 g/mol. The third kappa shape index (κ3) is 2.90. The lowest BCUT2D eigenvalue weighted by molar-refractivity contribution is 0.192. The number of nitrogens with zero attached hydrogens (tertiary/aromatic N) is 3. The van der Waals surface area contributed by atoms with Crippen LogP contribution in [0.3, 0.4) is 0 Å². The number of H-pyrrole nitrogens is 1. The number of amides is 2. The van der Waals surface area contributed by atoms with E-state index in [1.807, 2.05) is 35.2 Å². The van der Waals surface area contributed by atoms with Crippen molar-refractivity contribution in [3.05, 3.63) is 58.2 Å². The summed E-state index contributed by atoms with van der Waals surface area (Å²) in [6.45, 7) is 1.78. The molecule has 0 saturated heterocycles. The summed E-state index contributed by atoms with van der Waals surface area (Å²) < 4.78 is 0. The summed E-state index contributed by atoms with van der Waals surface area (Å²) in [5.41, 5.74) is 6.01. The first-order chi connectivity index (χ1) is 11.8. The molecule has 0 saturated carbocycles. The molecule has 24 heavy (non-hydrogen) atoms. The van der Waals surface area contributed by atoms with Gasteiger partial charge in [-0.15, -0.1) is 11.3 Å². The molecule has 1 aliphatic rings. The summed E-state index contributed by atoms with van der Waals surface area (Å²) in [7, 11) is 0. The molecule has 3 heterocycles. The van der Waals surface area contributed by atoms with Gasteiger partial charge in [0, 0.05) is 40.9 Å². The van der Waals surface area contributed by atoms with E-state index in [-0.39, 0.29) is 6.03 Å². The number of nitrogens with one attached hydrogen (secondary N) is 2. The summed E-state index contributed by atoms with van der Waals surface area (Å²) in [5.74, 6) is 0. The highest BCUT2D eigenvalue weighted by Crippen LogP contribution is 2.28. The second-order valence-corrected chi connectivity index (χ2v) is 6.66. The quantitative estimate of drug-likeness (QED) is 0.770. The molecule has 1 aliphatic heterocycles. The molecule has 2 N–H and O–H groups in total. The second kappa shape index (κ2) is 6.45. The zero-order valence-electron chi connectivity index (χ0n) is 13.0. The minimum absolute atomic E-state index is 0.0470. The van der Waals surface area contributed by atoms with Crippen LogP contribution in [0.1, 0.15) is 16.1 Å². The van der Waals surface area contributed by atoms with Gasteiger partial charge in [0.15, 0.2) is 0 Å². The maximum atomic E-state index is 12.4. The molecule has 2 amide bonds. The van der Waals surface area contributed by atoms with E-state index in [1.54, 1.807) is 23.0 Å². The number of fused-ring (bicyclic) bond motifs is 1. The van der Waals surface area contributed by atoms with Gasteiger partial charge in [0.05, 0.1) is 24.3 Å². The first kappa shape index (κ1) is 14.9. The highest BCUT2D eigenvalue weighted by atomic mass is 32.1. The van der Waals surface area contributed by atoms with E-state index in [4.69, 9.17) is 0 Å². The van der Waals surface area contributed by atoms with E-state index >= 15 is 0 Å². The van der Waals surface area contributed by atoms with Gasteiger partial charge in [0.1, 0.15) is 0 Å². The summed E-state index contributed by atoms with van der Waals surface area (Å²) >= 11 is 1.54. The van der Waals surface area contributed by atoms with Gasteiger partial charge >= 0.3 is 6.03 Å². The number of aromatic amines is 1. The average Bonchev–Trinajstić information content (AvgIpc) is 3.29. The molecular formula is C17H17N5OS. The standard InChI is InChI=1S/C17H17N5OS/c23-17(19-9-13-8-18-11-24-13)22-7-6-15-14(10-22)16(21-20-15)12-4-2-1-3-5-12/h1-5,8,11H,6-7,9-10H2,(H,19,23)(H,20,21). The fourth-order valence-corrected chi connectivity index (χ4v) is 3.44. The van der Waals surface area contributed by atoms with Crippen molar-refractivity contribution < 1.29 is 4.79 Å². The van der Waals surface area contributed by atoms with E-state index in [9.17, 15) is 4.79 Å². The molecule has 3 aromatic rings. The molecule has 0 atom stereocenters. The SMILES string of the molecule is O=C(NCc1cncs1)N1CCc2[nH]nc(-c3ccccc3)c2C1. The number of carbonyl (C=O) groups excluding carboxylic acids is 1. The Kier molecular flexibility index (Phi) is 4.00. The highest BCUT2D eigenvalue weighted by Gasteiger charge is 2.25. The van der Waals surface area contributed by atoms with Crippen molar-refractivity contribution in [3.8, 4) is 11.3 Å². The van der Waals surface area contributed by atoms with Crippen LogP contribution in [0.25, 0.3) is 11.3 Å². The third-order valence-electron chi connectivity index (χ3n) is 4.17. The van der Waals surface area contributed by atoms with E-state index in [0.717, 1.165) is 33.8 Å². The number of thiazole rings is 1. The largest absolute Gasteiger partial charge is 0.333 e. The van der Waals surface area contributed by atoms with Gasteiger partial charge in [-0.1, -0.05) is 30.3 Å². The Morgan fingerprint density at radius 1 is 1.33 bits per heavy atom. The molecule has 0 fully saturated rings. The number of hydrogen-bond donors (Lipinski definition) is 2. The van der Waals surface area contributed by atoms with Crippen molar-refractivity contribution >= 4 is 17.4 Å². The fourth-order valence-electron chi connectivity index (χ4n) is 2.91. The number of urea groups is 1. The van der Waals surface area contributed by atoms with Gasteiger partial charge in [-0.2, -0.15) is 5.10 Å². The van der Waals surface area contributed by atoms with Crippen molar-refractivity contribution in [2.75, 3.05) is 6.54 Å². The number of carbonyl (C=O) groups is 1. The third-order valence-corrected chi connectivity index (χ3v) is 4.94. The second-order valence-electron chi connectivity index (χ2n) is 5.69. The maximum absolute atomic E-state index is 12.4. The Bertz CT molecular complexity index is 828. The topological polar surface area (TPSA) is 73.9 Å². The Morgan fingerprint density at radius 2 is 2.21 bits per heavy atom. The van der Waals surface area contributed by atoms with Gasteiger partial charge in [0.2, 0.25) is 0 Å². The molecule has 0 spiro atoms. The van der Waals surface area contributed by atoms with Crippen molar-refractivity contribution in [3.63, 3.8) is 0 Å². The number of rotatable bonds is 3. The van der Waals surface area contributed by atoms with Crippen LogP contribution in [0.4, 0.5) is 4.79 Å². The zero-order valence-corrected chi connectivity index (χ0v) is 13.8. The van der Waals surface area contributed by atoms with Gasteiger partial charge in [-0.05, 0) is 0 Å². The summed E-state index contributed by atoms with van der Waals surface area (Å²) in [5, 5.41) is 10.5. The molecule has 0 aliphatic carbocycles. The van der Waals surface area contributed by atoms with Crippen LogP contribution in [-0.4, -0.2) is 32.7 Å². The smallest absolute Gasteiger partial charge is 0.318 e. The van der Waals surface area contributed by atoms with Crippen LogP contribution in [0.5, 0.6) is 0 Å². The Morgan fingerprint density at radius 3 is 3.00 bits per heavy atom. The van der Waals surface area contributed by atoms with Crippen molar-refractivity contribution in [2.45, 2.75) is 19.5 Å². The maximum Gasteiger partial charge on any atom is 0.318 e. The molecule has 2 aromatic heterocycles. The number of hydrogen-bond acceptors (Lipinski definition) is 4. The van der Waals surface area contributed by atoms with Crippen LogP contribution in [0, 0.1) is 0 Å². The number of benzene rings is 1. The Labute approximate surface area is 143 Å². The normalized spacial score (nSPS) is 13.6. The molecule has 7 heteroatoms. The molecule has 4 rings (SSSR count). The first-order valence-electron chi connectivity index (χ1n) is 7.83. The van der Waals surface area contributed by atoms with Crippen LogP contribution in [-0.2, 0) is 19.5 Å².